The Morgan fingerprint density at radius 2 is 1.00 bits per heavy atom. The van der Waals surface area contributed by atoms with E-state index in [-0.39, 0.29) is 11.6 Å². The molecule has 1 aliphatic heterocycles. The van der Waals surface area contributed by atoms with Gasteiger partial charge in [-0.3, -0.25) is 4.84 Å². The first kappa shape index (κ1) is 43.9. The Morgan fingerprint density at radius 1 is 0.574 bits per heavy atom. The van der Waals surface area contributed by atoms with Crippen LogP contribution in [0.25, 0.3) is 0 Å². The van der Waals surface area contributed by atoms with E-state index in [0.29, 0.717) is 33.0 Å². The maximum atomic E-state index is 7.71. The molecule has 8 heteroatoms. The summed E-state index contributed by atoms with van der Waals surface area (Å²) in [5.74, 6) is 0.739. The Bertz CT molecular complexity index is 2150. The van der Waals surface area contributed by atoms with Gasteiger partial charge in [-0.25, -0.2) is 0 Å². The van der Waals surface area contributed by atoms with Crippen LogP contribution in [0.2, 0.25) is 5.04 Å². The van der Waals surface area contributed by atoms with E-state index in [9.17, 15) is 0 Å². The van der Waals surface area contributed by atoms with Gasteiger partial charge in [0.1, 0.15) is 30.1 Å². The first-order valence-electron chi connectivity index (χ1n) is 21.2. The van der Waals surface area contributed by atoms with E-state index >= 15 is 0 Å². The number of methoxy groups -OCH3 is 1. The van der Waals surface area contributed by atoms with Crippen molar-refractivity contribution < 1.29 is 28.2 Å². The van der Waals surface area contributed by atoms with Crippen molar-refractivity contribution in [3.05, 3.63) is 216 Å². The second-order valence-corrected chi connectivity index (χ2v) is 20.7. The summed E-state index contributed by atoms with van der Waals surface area (Å²) in [5.41, 5.74) is 4.22. The van der Waals surface area contributed by atoms with Crippen LogP contribution in [0.5, 0.6) is 0 Å². The molecule has 7 rings (SSSR count). The topological polar surface area (TPSA) is 58.6 Å². The van der Waals surface area contributed by atoms with Crippen molar-refractivity contribution >= 4 is 18.7 Å². The molecule has 0 aromatic heterocycles. The lowest BCUT2D eigenvalue weighted by molar-refractivity contribution is -0.246. The Kier molecular flexibility index (Phi) is 15.5. The molecule has 1 heterocycles. The molecule has 316 valence electrons. The van der Waals surface area contributed by atoms with Crippen LogP contribution in [-0.2, 0) is 54.6 Å². The molecule has 0 N–H and O–H groups in total. The minimum absolute atomic E-state index is 0.225. The summed E-state index contributed by atoms with van der Waals surface area (Å²) in [6.07, 6.45) is 0.0276. The van der Waals surface area contributed by atoms with E-state index in [2.05, 4.69) is 130 Å². The van der Waals surface area contributed by atoms with Gasteiger partial charge >= 0.3 is 0 Å². The van der Waals surface area contributed by atoms with Crippen molar-refractivity contribution in [2.24, 2.45) is 0 Å². The number of hydrogen-bond donors (Lipinski definition) is 0. The molecule has 0 radical (unpaired) electrons. The maximum Gasteiger partial charge on any atom is 0.261 e. The molecule has 0 bridgehead atoms. The highest BCUT2D eigenvalue weighted by Gasteiger charge is 2.52. The van der Waals surface area contributed by atoms with Gasteiger partial charge in [-0.1, -0.05) is 203 Å². The first-order chi connectivity index (χ1) is 29.9. The van der Waals surface area contributed by atoms with Gasteiger partial charge in [0.25, 0.3) is 8.32 Å². The largest absolute Gasteiger partial charge is 0.499 e. The molecule has 0 saturated carbocycles. The Hall–Kier alpha value is -5.16. The van der Waals surface area contributed by atoms with Crippen molar-refractivity contribution in [2.45, 2.75) is 76.5 Å². The van der Waals surface area contributed by atoms with Crippen LogP contribution >= 0.6 is 0 Å². The van der Waals surface area contributed by atoms with Crippen molar-refractivity contribution in [3.63, 3.8) is 0 Å². The second kappa shape index (κ2) is 21.6. The fourth-order valence-electron chi connectivity index (χ4n) is 8.29. The van der Waals surface area contributed by atoms with Gasteiger partial charge in [-0.15, -0.1) is 0 Å². The summed E-state index contributed by atoms with van der Waals surface area (Å²) >= 11 is 0. The van der Waals surface area contributed by atoms with Crippen LogP contribution < -0.4 is 10.4 Å². The highest BCUT2D eigenvalue weighted by Crippen LogP contribution is 2.38. The number of ether oxygens (including phenoxy) is 4. The van der Waals surface area contributed by atoms with Crippen molar-refractivity contribution in [3.8, 4) is 0 Å². The molecular weight excluding hydrogens is 775 g/mol. The van der Waals surface area contributed by atoms with Gasteiger partial charge in [-0.05, 0) is 43.7 Å². The summed E-state index contributed by atoms with van der Waals surface area (Å²) < 4.78 is 35.6. The lowest BCUT2D eigenvalue weighted by Gasteiger charge is -2.46. The van der Waals surface area contributed by atoms with Gasteiger partial charge in [0.2, 0.25) is 0 Å². The van der Waals surface area contributed by atoms with Gasteiger partial charge in [0.15, 0.2) is 0 Å². The quantitative estimate of drug-likeness (QED) is 0.0711. The lowest BCUT2D eigenvalue weighted by atomic mass is 9.96. The number of hydroxylamine groups is 2. The standard InChI is InChI=1S/C53H59NO6Si/c1-53(2,3)61(46-31-19-9-20-32-46,47-33-21-10-22-34-47)60-41-49(56-38-43-25-13-6-14-26-43)51(57-39-44-27-15-7-16-28-44)52(58-40-45-29-17-8-18-30-45)50-48(55-4)35-36-59-54(50)37-42-23-11-5-12-24-42/h5-35,49-52H,36-41H2,1-4H3/t49-,50-,51+,52+/m1/s1. The lowest BCUT2D eigenvalue weighted by Crippen LogP contribution is -2.67. The van der Waals surface area contributed by atoms with E-state index in [1.165, 1.54) is 10.4 Å². The minimum atomic E-state index is -3.03. The summed E-state index contributed by atoms with van der Waals surface area (Å²) in [7, 11) is -1.31. The van der Waals surface area contributed by atoms with Gasteiger partial charge < -0.3 is 23.4 Å². The zero-order valence-electron chi connectivity index (χ0n) is 35.8. The molecule has 0 spiro atoms. The summed E-state index contributed by atoms with van der Waals surface area (Å²) in [4.78, 5) is 6.53. The van der Waals surface area contributed by atoms with E-state index in [1.807, 2.05) is 83.9 Å². The van der Waals surface area contributed by atoms with Crippen LogP contribution in [0.4, 0.5) is 0 Å². The van der Waals surface area contributed by atoms with E-state index in [0.717, 1.165) is 28.0 Å². The van der Waals surface area contributed by atoms with E-state index < -0.39 is 32.7 Å². The van der Waals surface area contributed by atoms with Crippen molar-refractivity contribution in [1.29, 1.82) is 0 Å². The second-order valence-electron chi connectivity index (χ2n) is 16.4. The number of hydrogen-bond acceptors (Lipinski definition) is 7. The highest BCUT2D eigenvalue weighted by molar-refractivity contribution is 6.99. The molecule has 1 aliphatic rings. The molecule has 7 nitrogen and oxygen atoms in total. The number of benzene rings is 6. The monoisotopic (exact) mass is 833 g/mol. The molecule has 0 amide bonds. The number of rotatable bonds is 20. The third kappa shape index (κ3) is 11.2. The van der Waals surface area contributed by atoms with Crippen LogP contribution in [-0.4, -0.2) is 58.1 Å². The van der Waals surface area contributed by atoms with Gasteiger partial charge in [-0.2, -0.15) is 5.06 Å². The normalized spacial score (nSPS) is 16.3. The predicted octanol–water partition coefficient (Wildman–Crippen LogP) is 9.67. The molecule has 0 fully saturated rings. The van der Waals surface area contributed by atoms with Crippen molar-refractivity contribution in [1.82, 2.24) is 5.06 Å². The predicted molar refractivity (Wildman–Crippen MR) is 245 cm³/mol. The summed E-state index contributed by atoms with van der Waals surface area (Å²) in [5, 5.41) is 4.10. The van der Waals surface area contributed by atoms with Gasteiger partial charge in [0.05, 0.1) is 46.7 Å². The maximum absolute atomic E-state index is 7.71. The smallest absolute Gasteiger partial charge is 0.261 e. The minimum Gasteiger partial charge on any atom is -0.499 e. The average molecular weight is 834 g/mol. The Balaban J connectivity index is 1.37. The van der Waals surface area contributed by atoms with Crippen LogP contribution in [0.1, 0.15) is 43.0 Å². The van der Waals surface area contributed by atoms with Crippen LogP contribution in [0.15, 0.2) is 194 Å². The zero-order valence-corrected chi connectivity index (χ0v) is 36.8. The van der Waals surface area contributed by atoms with E-state index in [4.69, 9.17) is 28.2 Å². The van der Waals surface area contributed by atoms with Gasteiger partial charge in [0, 0.05) is 0 Å². The molecule has 4 atom stereocenters. The Labute approximate surface area is 363 Å². The number of nitrogens with zero attached hydrogens (tertiary/aromatic N) is 1. The third-order valence-corrected chi connectivity index (χ3v) is 16.3. The molecule has 61 heavy (non-hydrogen) atoms. The zero-order chi connectivity index (χ0) is 42.3. The fraction of sp³-hybridized carbons (Fsp3) is 0.283. The fourth-order valence-corrected chi connectivity index (χ4v) is 12.9. The first-order valence-corrected chi connectivity index (χ1v) is 23.2. The third-order valence-electron chi connectivity index (χ3n) is 11.3. The summed E-state index contributed by atoms with van der Waals surface area (Å²) in [6, 6.07) is 62.1. The molecular formula is C53H59NO6Si. The molecule has 0 aliphatic carbocycles. The van der Waals surface area contributed by atoms with Crippen LogP contribution in [0.3, 0.4) is 0 Å². The average Bonchev–Trinajstić information content (AvgIpc) is 3.30. The van der Waals surface area contributed by atoms with Crippen LogP contribution in [0, 0.1) is 0 Å². The Morgan fingerprint density at radius 3 is 1.46 bits per heavy atom. The molecule has 0 saturated heterocycles. The highest BCUT2D eigenvalue weighted by atomic mass is 28.4. The SMILES string of the molecule is COC1=CCON(Cc2ccccc2)[C@H]1[C@H](OCc1ccccc1)[C@@H](OCc1ccccc1)[C@@H](CO[Si](c1ccccc1)(c1ccccc1)C(C)(C)C)OCc1ccccc1. The summed E-state index contributed by atoms with van der Waals surface area (Å²) in [6.45, 7) is 8.95. The molecule has 6 aromatic rings. The molecule has 0 unspecified atom stereocenters. The molecule has 6 aromatic carbocycles. The van der Waals surface area contributed by atoms with E-state index in [1.54, 1.807) is 7.11 Å². The van der Waals surface area contributed by atoms with Crippen molar-refractivity contribution in [2.75, 3.05) is 20.3 Å².